The molecule has 0 aliphatic heterocycles. The Morgan fingerprint density at radius 3 is 2.62 bits per heavy atom. The topological polar surface area (TPSA) is 98.0 Å². The third-order valence-electron chi connectivity index (χ3n) is 4.09. The van der Waals surface area contributed by atoms with Crippen LogP contribution in [-0.2, 0) is 4.79 Å². The summed E-state index contributed by atoms with van der Waals surface area (Å²) < 4.78 is 13.4. The number of rotatable bonds is 6. The van der Waals surface area contributed by atoms with Crippen molar-refractivity contribution in [3.63, 3.8) is 0 Å². The fourth-order valence-corrected chi connectivity index (χ4v) is 3.23. The van der Waals surface area contributed by atoms with Crippen molar-refractivity contribution in [2.75, 3.05) is 11.1 Å². The third kappa shape index (κ3) is 5.14. The van der Waals surface area contributed by atoms with Gasteiger partial charge in [0.15, 0.2) is 0 Å². The summed E-state index contributed by atoms with van der Waals surface area (Å²) >= 11 is 1.18. The summed E-state index contributed by atoms with van der Waals surface area (Å²) in [5.74, 6) is -1.32. The van der Waals surface area contributed by atoms with Gasteiger partial charge in [0, 0.05) is 17.3 Å². The Balaban J connectivity index is 1.61. The molecule has 0 atom stereocenters. The molecule has 1 amide bonds. The molecule has 0 fully saturated rings. The van der Waals surface area contributed by atoms with Crippen molar-refractivity contribution in [3.8, 4) is 11.3 Å². The van der Waals surface area contributed by atoms with E-state index in [0.717, 1.165) is 34.5 Å². The number of carbonyl (C=O) groups is 1. The quantitative estimate of drug-likeness (QED) is 0.363. The van der Waals surface area contributed by atoms with E-state index in [9.17, 15) is 19.3 Å². The summed E-state index contributed by atoms with van der Waals surface area (Å²) in [6, 6.07) is 12.9. The van der Waals surface area contributed by atoms with Gasteiger partial charge in [-0.25, -0.2) is 0 Å². The average molecular weight is 412 g/mol. The lowest BCUT2D eigenvalue weighted by atomic mass is 10.0. The molecule has 1 aromatic heterocycles. The number of halogens is 1. The lowest BCUT2D eigenvalue weighted by molar-refractivity contribution is -0.387. The number of nitro benzene ring substituents is 1. The summed E-state index contributed by atoms with van der Waals surface area (Å²) in [6.45, 7) is 4.01. The SMILES string of the molecule is Cc1ccc(C)c(-c2ccc(SCC(=O)Nc3ccc(F)c([N+](=O)[O-])c3)nn2)c1. The molecule has 0 bridgehead atoms. The summed E-state index contributed by atoms with van der Waals surface area (Å²) in [4.78, 5) is 22.0. The van der Waals surface area contributed by atoms with E-state index in [2.05, 4.69) is 15.5 Å². The van der Waals surface area contributed by atoms with Gasteiger partial charge in [-0.1, -0.05) is 29.5 Å². The molecule has 0 saturated heterocycles. The average Bonchev–Trinajstić information content (AvgIpc) is 2.70. The second kappa shape index (κ2) is 8.78. The predicted molar refractivity (Wildman–Crippen MR) is 109 cm³/mol. The summed E-state index contributed by atoms with van der Waals surface area (Å²) in [7, 11) is 0. The largest absolute Gasteiger partial charge is 0.325 e. The van der Waals surface area contributed by atoms with E-state index < -0.39 is 22.3 Å². The number of nitro groups is 1. The second-order valence-electron chi connectivity index (χ2n) is 6.34. The van der Waals surface area contributed by atoms with Gasteiger partial charge >= 0.3 is 5.69 Å². The molecule has 7 nitrogen and oxygen atoms in total. The number of aromatic nitrogens is 2. The molecule has 9 heteroatoms. The molecule has 0 unspecified atom stereocenters. The number of aryl methyl sites for hydroxylation is 2. The van der Waals surface area contributed by atoms with Gasteiger partial charge in [-0.2, -0.15) is 4.39 Å². The highest BCUT2D eigenvalue weighted by molar-refractivity contribution is 7.99. The molecular formula is C20H17FN4O3S. The number of nitrogens with zero attached hydrogens (tertiary/aromatic N) is 3. The van der Waals surface area contributed by atoms with Crippen LogP contribution in [0.2, 0.25) is 0 Å². The van der Waals surface area contributed by atoms with Crippen molar-refractivity contribution in [3.05, 3.63) is 75.6 Å². The van der Waals surface area contributed by atoms with Gasteiger partial charge < -0.3 is 5.32 Å². The summed E-state index contributed by atoms with van der Waals surface area (Å²) in [5.41, 5.74) is 3.44. The number of nitrogens with one attached hydrogen (secondary N) is 1. The van der Waals surface area contributed by atoms with E-state index >= 15 is 0 Å². The third-order valence-corrected chi connectivity index (χ3v) is 5.01. The molecule has 1 heterocycles. The molecule has 0 spiro atoms. The molecule has 0 aliphatic carbocycles. The first-order valence-corrected chi connectivity index (χ1v) is 9.60. The fourth-order valence-electron chi connectivity index (χ4n) is 2.62. The molecule has 3 rings (SSSR count). The second-order valence-corrected chi connectivity index (χ2v) is 7.33. The number of hydrogen-bond acceptors (Lipinski definition) is 6. The van der Waals surface area contributed by atoms with Gasteiger partial charge in [-0.05, 0) is 49.7 Å². The van der Waals surface area contributed by atoms with Crippen LogP contribution < -0.4 is 5.32 Å². The van der Waals surface area contributed by atoms with Crippen molar-refractivity contribution >= 4 is 29.0 Å². The Hall–Kier alpha value is -3.33. The maximum atomic E-state index is 13.4. The molecule has 1 N–H and O–H groups in total. The molecule has 3 aromatic rings. The van der Waals surface area contributed by atoms with E-state index in [1.165, 1.54) is 17.8 Å². The van der Waals surface area contributed by atoms with Crippen molar-refractivity contribution in [2.24, 2.45) is 0 Å². The Kier molecular flexibility index (Phi) is 6.18. The number of amides is 1. The molecule has 29 heavy (non-hydrogen) atoms. The van der Waals surface area contributed by atoms with Crippen molar-refractivity contribution in [2.45, 2.75) is 18.9 Å². The number of anilines is 1. The highest BCUT2D eigenvalue weighted by Gasteiger charge is 2.15. The number of benzene rings is 2. The molecule has 2 aromatic carbocycles. The van der Waals surface area contributed by atoms with Crippen LogP contribution in [0.15, 0.2) is 53.6 Å². The number of thioether (sulfide) groups is 1. The van der Waals surface area contributed by atoms with E-state index in [-0.39, 0.29) is 11.4 Å². The van der Waals surface area contributed by atoms with Gasteiger partial charge in [0.2, 0.25) is 11.7 Å². The first-order chi connectivity index (χ1) is 13.8. The number of carbonyl (C=O) groups excluding carboxylic acids is 1. The van der Waals surface area contributed by atoms with Crippen LogP contribution in [0.5, 0.6) is 0 Å². The molecule has 0 saturated carbocycles. The van der Waals surface area contributed by atoms with Crippen LogP contribution in [-0.4, -0.2) is 26.8 Å². The molecular weight excluding hydrogens is 395 g/mol. The highest BCUT2D eigenvalue weighted by atomic mass is 32.2. The highest BCUT2D eigenvalue weighted by Crippen LogP contribution is 2.25. The predicted octanol–water partition coefficient (Wildman–Crippen LogP) is 4.54. The van der Waals surface area contributed by atoms with Crippen LogP contribution in [0.1, 0.15) is 11.1 Å². The van der Waals surface area contributed by atoms with Gasteiger partial charge in [0.1, 0.15) is 5.03 Å². The fraction of sp³-hybridized carbons (Fsp3) is 0.150. The first kappa shape index (κ1) is 20.4. The minimum absolute atomic E-state index is 0.0304. The monoisotopic (exact) mass is 412 g/mol. The molecule has 0 aliphatic rings. The van der Waals surface area contributed by atoms with Crippen LogP contribution in [0.4, 0.5) is 15.8 Å². The first-order valence-electron chi connectivity index (χ1n) is 8.61. The molecule has 0 radical (unpaired) electrons. The Labute approximate surface area is 170 Å². The zero-order valence-corrected chi connectivity index (χ0v) is 16.5. The lowest BCUT2D eigenvalue weighted by Gasteiger charge is -2.07. The van der Waals surface area contributed by atoms with E-state index in [0.29, 0.717) is 5.03 Å². The van der Waals surface area contributed by atoms with Crippen LogP contribution >= 0.6 is 11.8 Å². The maximum Gasteiger partial charge on any atom is 0.306 e. The summed E-state index contributed by atoms with van der Waals surface area (Å²) in [6.07, 6.45) is 0. The Morgan fingerprint density at radius 2 is 1.93 bits per heavy atom. The van der Waals surface area contributed by atoms with E-state index in [1.807, 2.05) is 38.1 Å². The van der Waals surface area contributed by atoms with E-state index in [1.54, 1.807) is 6.07 Å². The Bertz CT molecular complexity index is 1070. The van der Waals surface area contributed by atoms with Crippen molar-refractivity contribution < 1.29 is 14.1 Å². The lowest BCUT2D eigenvalue weighted by Crippen LogP contribution is -2.14. The van der Waals surface area contributed by atoms with Crippen molar-refractivity contribution in [1.29, 1.82) is 0 Å². The van der Waals surface area contributed by atoms with Crippen LogP contribution in [0.3, 0.4) is 0 Å². The van der Waals surface area contributed by atoms with Crippen molar-refractivity contribution in [1.82, 2.24) is 10.2 Å². The van der Waals surface area contributed by atoms with Crippen LogP contribution in [0.25, 0.3) is 11.3 Å². The summed E-state index contributed by atoms with van der Waals surface area (Å²) in [5, 5.41) is 22.2. The van der Waals surface area contributed by atoms with Gasteiger partial charge in [0.05, 0.1) is 16.4 Å². The Morgan fingerprint density at radius 1 is 1.14 bits per heavy atom. The minimum Gasteiger partial charge on any atom is -0.325 e. The van der Waals surface area contributed by atoms with Gasteiger partial charge in [-0.15, -0.1) is 10.2 Å². The van der Waals surface area contributed by atoms with Gasteiger partial charge in [0.25, 0.3) is 0 Å². The zero-order valence-electron chi connectivity index (χ0n) is 15.7. The minimum atomic E-state index is -0.957. The maximum absolute atomic E-state index is 13.4. The zero-order chi connectivity index (χ0) is 21.0. The smallest absolute Gasteiger partial charge is 0.306 e. The van der Waals surface area contributed by atoms with Crippen LogP contribution in [0, 0.1) is 29.8 Å². The standard InChI is InChI=1S/C20H17FN4O3S/c1-12-3-4-13(2)15(9-12)17-7-8-20(24-23-17)29-11-19(26)22-14-5-6-16(21)18(10-14)25(27)28/h3-10H,11H2,1-2H3,(H,22,26). The number of hydrogen-bond donors (Lipinski definition) is 1. The van der Waals surface area contributed by atoms with Gasteiger partial charge in [-0.3, -0.25) is 14.9 Å². The normalized spacial score (nSPS) is 10.6. The molecule has 148 valence electrons. The van der Waals surface area contributed by atoms with E-state index in [4.69, 9.17) is 0 Å².